The number of hydrogen-bond acceptors (Lipinski definition) is 5. The highest BCUT2D eigenvalue weighted by Crippen LogP contribution is 2.35. The average molecular weight is 362 g/mol. The fourth-order valence-corrected chi connectivity index (χ4v) is 4.41. The van der Waals surface area contributed by atoms with Crippen molar-refractivity contribution in [1.29, 1.82) is 5.26 Å². The van der Waals surface area contributed by atoms with Crippen molar-refractivity contribution in [2.24, 2.45) is 5.92 Å². The van der Waals surface area contributed by atoms with Gasteiger partial charge < -0.3 is 4.42 Å². The van der Waals surface area contributed by atoms with Crippen LogP contribution in [0.25, 0.3) is 27.8 Å². The molecule has 0 spiro atoms. The standard InChI is InChI=1S/C21H18N2O2S/c1-13-5-4-7-14(9-13)17(11-22)20-23-18(12-26-20)16-10-15-6-2-3-8-19(15)25-21(16)24/h2-3,6,8,10,12-13H,4-5,7,9H2,1H3/b17-14+. The molecule has 0 N–H and O–H groups in total. The van der Waals surface area contributed by atoms with E-state index in [4.69, 9.17) is 4.42 Å². The zero-order valence-electron chi connectivity index (χ0n) is 14.5. The summed E-state index contributed by atoms with van der Waals surface area (Å²) in [4.78, 5) is 16.9. The van der Waals surface area contributed by atoms with Crippen molar-refractivity contribution in [2.75, 3.05) is 0 Å². The lowest BCUT2D eigenvalue weighted by Crippen LogP contribution is -2.06. The van der Waals surface area contributed by atoms with Crippen LogP contribution in [-0.2, 0) is 0 Å². The lowest BCUT2D eigenvalue weighted by atomic mass is 9.84. The normalized spacial score (nSPS) is 19.3. The quantitative estimate of drug-likeness (QED) is 0.452. The molecular formula is C21H18N2O2S. The molecule has 1 aliphatic rings. The molecule has 0 aliphatic heterocycles. The van der Waals surface area contributed by atoms with Crippen LogP contribution in [0.4, 0.5) is 0 Å². The summed E-state index contributed by atoms with van der Waals surface area (Å²) in [7, 11) is 0. The molecule has 1 unspecified atom stereocenters. The Morgan fingerprint density at radius 2 is 2.23 bits per heavy atom. The van der Waals surface area contributed by atoms with E-state index >= 15 is 0 Å². The van der Waals surface area contributed by atoms with Crippen molar-refractivity contribution in [3.05, 3.63) is 56.7 Å². The van der Waals surface area contributed by atoms with Crippen molar-refractivity contribution >= 4 is 27.9 Å². The summed E-state index contributed by atoms with van der Waals surface area (Å²) >= 11 is 1.41. The Morgan fingerprint density at radius 3 is 3.04 bits per heavy atom. The summed E-state index contributed by atoms with van der Waals surface area (Å²) in [5.41, 5.74) is 3.04. The number of thiazole rings is 1. The zero-order chi connectivity index (χ0) is 18.1. The summed E-state index contributed by atoms with van der Waals surface area (Å²) in [6.45, 7) is 2.22. The van der Waals surface area contributed by atoms with Gasteiger partial charge in [0.05, 0.1) is 16.8 Å². The first-order valence-electron chi connectivity index (χ1n) is 8.77. The molecule has 4 nitrogen and oxygen atoms in total. The maximum Gasteiger partial charge on any atom is 0.345 e. The Labute approximate surface area is 155 Å². The van der Waals surface area contributed by atoms with Crippen molar-refractivity contribution in [3.8, 4) is 17.3 Å². The van der Waals surface area contributed by atoms with Gasteiger partial charge in [0.25, 0.3) is 0 Å². The van der Waals surface area contributed by atoms with Gasteiger partial charge in [0.15, 0.2) is 0 Å². The Bertz CT molecular complexity index is 1100. The number of fused-ring (bicyclic) bond motifs is 1. The van der Waals surface area contributed by atoms with Crippen LogP contribution < -0.4 is 5.63 Å². The van der Waals surface area contributed by atoms with Crippen molar-refractivity contribution in [3.63, 3.8) is 0 Å². The number of allylic oxidation sites excluding steroid dienone is 2. The SMILES string of the molecule is CC1CCC/C(=C(/C#N)c2nc(-c3cc4ccccc4oc3=O)cs2)C1. The largest absolute Gasteiger partial charge is 0.422 e. The Hall–Kier alpha value is -2.71. The number of hydrogen-bond donors (Lipinski definition) is 0. The topological polar surface area (TPSA) is 66.9 Å². The molecule has 0 saturated heterocycles. The van der Waals surface area contributed by atoms with Crippen LogP contribution in [-0.4, -0.2) is 4.98 Å². The maximum absolute atomic E-state index is 12.3. The van der Waals surface area contributed by atoms with E-state index in [1.54, 1.807) is 6.07 Å². The highest BCUT2D eigenvalue weighted by molar-refractivity contribution is 7.11. The third-order valence-electron chi connectivity index (χ3n) is 4.87. The van der Waals surface area contributed by atoms with Crippen LogP contribution in [0, 0.1) is 17.2 Å². The highest BCUT2D eigenvalue weighted by atomic mass is 32.1. The molecule has 5 heteroatoms. The molecule has 2 aromatic heterocycles. The van der Waals surface area contributed by atoms with Gasteiger partial charge in [-0.15, -0.1) is 11.3 Å². The van der Waals surface area contributed by atoms with Gasteiger partial charge in [-0.2, -0.15) is 5.26 Å². The predicted molar refractivity (Wildman–Crippen MR) is 104 cm³/mol. The monoisotopic (exact) mass is 362 g/mol. The predicted octanol–water partition coefficient (Wildman–Crippen LogP) is 5.40. The smallest absolute Gasteiger partial charge is 0.345 e. The van der Waals surface area contributed by atoms with Crippen LogP contribution in [0.2, 0.25) is 0 Å². The van der Waals surface area contributed by atoms with E-state index in [1.807, 2.05) is 29.6 Å². The Kier molecular flexibility index (Phi) is 4.44. The number of aromatic nitrogens is 1. The lowest BCUT2D eigenvalue weighted by Gasteiger charge is -2.21. The summed E-state index contributed by atoms with van der Waals surface area (Å²) in [6, 6.07) is 11.6. The Balaban J connectivity index is 1.77. The third-order valence-corrected chi connectivity index (χ3v) is 5.73. The van der Waals surface area contributed by atoms with Gasteiger partial charge in [-0.05, 0) is 42.9 Å². The molecule has 0 bridgehead atoms. The molecule has 26 heavy (non-hydrogen) atoms. The van der Waals surface area contributed by atoms with E-state index < -0.39 is 5.63 Å². The van der Waals surface area contributed by atoms with Gasteiger partial charge in [0.2, 0.25) is 0 Å². The first kappa shape index (κ1) is 16.7. The summed E-state index contributed by atoms with van der Waals surface area (Å²) < 4.78 is 5.41. The van der Waals surface area contributed by atoms with Crippen LogP contribution in [0.15, 0.2) is 50.5 Å². The second-order valence-electron chi connectivity index (χ2n) is 6.82. The highest BCUT2D eigenvalue weighted by Gasteiger charge is 2.20. The van der Waals surface area contributed by atoms with Gasteiger partial charge >= 0.3 is 5.63 Å². The number of nitriles is 1. The molecule has 1 aromatic carbocycles. The van der Waals surface area contributed by atoms with Crippen molar-refractivity contribution in [2.45, 2.75) is 32.6 Å². The molecule has 1 atom stereocenters. The molecule has 3 aromatic rings. The molecule has 4 rings (SSSR count). The molecule has 1 saturated carbocycles. The average Bonchev–Trinajstić information content (AvgIpc) is 3.11. The number of benzene rings is 1. The fraction of sp³-hybridized carbons (Fsp3) is 0.286. The van der Waals surface area contributed by atoms with Crippen LogP contribution in [0.3, 0.4) is 0 Å². The minimum absolute atomic E-state index is 0.405. The molecule has 0 radical (unpaired) electrons. The summed E-state index contributed by atoms with van der Waals surface area (Å²) in [5, 5.41) is 13.1. The van der Waals surface area contributed by atoms with Gasteiger partial charge in [-0.1, -0.05) is 31.5 Å². The van der Waals surface area contributed by atoms with Crippen LogP contribution >= 0.6 is 11.3 Å². The minimum Gasteiger partial charge on any atom is -0.422 e. The molecule has 1 aliphatic carbocycles. The first-order valence-corrected chi connectivity index (χ1v) is 9.65. The molecule has 130 valence electrons. The molecule has 1 fully saturated rings. The molecular weight excluding hydrogens is 344 g/mol. The van der Waals surface area contributed by atoms with Gasteiger partial charge in [-0.25, -0.2) is 9.78 Å². The van der Waals surface area contributed by atoms with E-state index in [0.29, 0.717) is 33.3 Å². The van der Waals surface area contributed by atoms with Crippen molar-refractivity contribution in [1.82, 2.24) is 4.98 Å². The molecule has 2 heterocycles. The Morgan fingerprint density at radius 1 is 1.38 bits per heavy atom. The van der Waals surface area contributed by atoms with E-state index in [0.717, 1.165) is 24.6 Å². The zero-order valence-corrected chi connectivity index (χ0v) is 15.3. The minimum atomic E-state index is -0.405. The van der Waals surface area contributed by atoms with Gasteiger partial charge in [-0.3, -0.25) is 0 Å². The second kappa shape index (κ2) is 6.89. The third kappa shape index (κ3) is 3.09. The van der Waals surface area contributed by atoms with E-state index in [1.165, 1.54) is 23.3 Å². The number of nitrogens with zero attached hydrogens (tertiary/aromatic N) is 2. The number of para-hydroxylation sites is 1. The van der Waals surface area contributed by atoms with E-state index in [-0.39, 0.29) is 0 Å². The van der Waals surface area contributed by atoms with Gasteiger partial charge in [0, 0.05) is 10.8 Å². The second-order valence-corrected chi connectivity index (χ2v) is 7.67. The van der Waals surface area contributed by atoms with E-state index in [2.05, 4.69) is 18.0 Å². The first-order chi connectivity index (χ1) is 12.7. The van der Waals surface area contributed by atoms with Crippen LogP contribution in [0.1, 0.15) is 37.6 Å². The number of rotatable bonds is 2. The summed E-state index contributed by atoms with van der Waals surface area (Å²) in [6.07, 6.45) is 4.24. The van der Waals surface area contributed by atoms with E-state index in [9.17, 15) is 10.1 Å². The fourth-order valence-electron chi connectivity index (χ4n) is 3.55. The summed E-state index contributed by atoms with van der Waals surface area (Å²) in [5.74, 6) is 0.606. The van der Waals surface area contributed by atoms with Crippen molar-refractivity contribution < 1.29 is 4.42 Å². The van der Waals surface area contributed by atoms with Gasteiger partial charge in [0.1, 0.15) is 16.7 Å². The maximum atomic E-state index is 12.3. The molecule has 0 amide bonds. The van der Waals surface area contributed by atoms with Crippen LogP contribution in [0.5, 0.6) is 0 Å². The lowest BCUT2D eigenvalue weighted by molar-refractivity contribution is 0.454.